The van der Waals surface area contributed by atoms with Crippen LogP contribution in [0.25, 0.3) is 27.4 Å². The van der Waals surface area contributed by atoms with Crippen molar-refractivity contribution in [2.24, 2.45) is 0 Å². The molecule has 0 atom stereocenters. The summed E-state index contributed by atoms with van der Waals surface area (Å²) >= 11 is 1.70. The smallest absolute Gasteiger partial charge is 0.225 e. The van der Waals surface area contributed by atoms with Crippen LogP contribution in [0.5, 0.6) is 0 Å². The van der Waals surface area contributed by atoms with Gasteiger partial charge in [-0.2, -0.15) is 13.9 Å². The number of fused-ring (bicyclic) bond motifs is 5. The van der Waals surface area contributed by atoms with Crippen LogP contribution < -0.4 is 0 Å². The van der Waals surface area contributed by atoms with Gasteiger partial charge in [0.25, 0.3) is 0 Å². The molecule has 0 amide bonds. The summed E-state index contributed by atoms with van der Waals surface area (Å²) < 4.78 is 27.5. The molecule has 0 aliphatic heterocycles. The van der Waals surface area contributed by atoms with Crippen molar-refractivity contribution in [1.82, 2.24) is 29.4 Å². The minimum absolute atomic E-state index is 0.328. The molecule has 0 N–H and O–H groups in total. The highest BCUT2D eigenvalue weighted by molar-refractivity contribution is 7.19. The molecular weight excluding hydrogens is 322 g/mol. The Balaban J connectivity index is 1.73. The summed E-state index contributed by atoms with van der Waals surface area (Å²) in [6, 6.07) is 1.49. The third kappa shape index (κ3) is 1.83. The fraction of sp³-hybridized carbons (Fsp3) is 0.286. The maximum Gasteiger partial charge on any atom is 0.333 e. The minimum Gasteiger partial charge on any atom is -0.225 e. The quantitative estimate of drug-likeness (QED) is 0.566. The van der Waals surface area contributed by atoms with Crippen molar-refractivity contribution in [2.45, 2.75) is 25.8 Å². The zero-order chi connectivity index (χ0) is 15.6. The Morgan fingerprint density at radius 1 is 1.22 bits per heavy atom. The third-order valence-corrected chi connectivity index (χ3v) is 5.28. The van der Waals surface area contributed by atoms with Gasteiger partial charge < -0.3 is 0 Å². The lowest BCUT2D eigenvalue weighted by molar-refractivity contribution is 0.0568. The average Bonchev–Trinajstić information content (AvgIpc) is 3.27. The number of thiophene rings is 1. The van der Waals surface area contributed by atoms with E-state index >= 15 is 0 Å². The van der Waals surface area contributed by atoms with Crippen LogP contribution in [-0.2, 0) is 12.8 Å². The van der Waals surface area contributed by atoms with E-state index in [1.165, 1.54) is 22.7 Å². The van der Waals surface area contributed by atoms with Crippen LogP contribution in [0.1, 0.15) is 23.4 Å². The van der Waals surface area contributed by atoms with Crippen LogP contribution in [0.2, 0.25) is 0 Å². The molecule has 0 saturated heterocycles. The molecule has 0 radical (unpaired) electrons. The van der Waals surface area contributed by atoms with E-state index in [0.717, 1.165) is 35.1 Å². The molecule has 6 nitrogen and oxygen atoms in total. The molecule has 116 valence electrons. The fourth-order valence-electron chi connectivity index (χ4n) is 3.07. The van der Waals surface area contributed by atoms with Gasteiger partial charge in [-0.3, -0.25) is 0 Å². The van der Waals surface area contributed by atoms with Crippen molar-refractivity contribution in [3.63, 3.8) is 0 Å². The molecular formula is C14H10F2N6S. The number of halogens is 2. The van der Waals surface area contributed by atoms with E-state index in [-0.39, 0.29) is 0 Å². The first-order valence-electron chi connectivity index (χ1n) is 7.20. The van der Waals surface area contributed by atoms with E-state index in [1.807, 2.05) is 0 Å². The van der Waals surface area contributed by atoms with Gasteiger partial charge in [0, 0.05) is 11.1 Å². The summed E-state index contributed by atoms with van der Waals surface area (Å²) in [7, 11) is 0. The van der Waals surface area contributed by atoms with Crippen LogP contribution in [-0.4, -0.2) is 29.4 Å². The third-order valence-electron chi connectivity index (χ3n) is 4.08. The van der Waals surface area contributed by atoms with E-state index < -0.39 is 6.55 Å². The molecule has 5 rings (SSSR count). The van der Waals surface area contributed by atoms with Crippen molar-refractivity contribution < 1.29 is 8.78 Å². The van der Waals surface area contributed by atoms with Crippen LogP contribution in [0.15, 0.2) is 18.6 Å². The number of hydrogen-bond acceptors (Lipinski definition) is 5. The number of aromatic nitrogens is 6. The second-order valence-electron chi connectivity index (χ2n) is 5.44. The van der Waals surface area contributed by atoms with E-state index in [0.29, 0.717) is 16.2 Å². The average molecular weight is 332 g/mol. The molecule has 23 heavy (non-hydrogen) atoms. The first-order valence-corrected chi connectivity index (χ1v) is 8.01. The van der Waals surface area contributed by atoms with Gasteiger partial charge in [0.05, 0.1) is 5.39 Å². The molecule has 0 spiro atoms. The van der Waals surface area contributed by atoms with Crippen LogP contribution in [0, 0.1) is 0 Å². The SMILES string of the molecule is FC(F)n1ccc(-c2nc3c4c5c(sc4ncn3n2)CCC5)n1. The Hall–Kier alpha value is -2.42. The molecule has 0 saturated carbocycles. The van der Waals surface area contributed by atoms with Gasteiger partial charge in [0.1, 0.15) is 16.9 Å². The maximum absolute atomic E-state index is 12.7. The highest BCUT2D eigenvalue weighted by Crippen LogP contribution is 2.38. The van der Waals surface area contributed by atoms with Crippen molar-refractivity contribution in [1.29, 1.82) is 0 Å². The molecule has 4 aromatic heterocycles. The number of hydrogen-bond donors (Lipinski definition) is 0. The van der Waals surface area contributed by atoms with E-state index in [1.54, 1.807) is 22.2 Å². The first-order chi connectivity index (χ1) is 11.2. The standard InChI is InChI=1S/C14H10F2N6S/c15-14(16)21-5-4-8(19-21)11-18-12-10-7-2-1-3-9(7)23-13(10)17-6-22(12)20-11/h4-6,14H,1-3H2. The Morgan fingerprint density at radius 2 is 2.13 bits per heavy atom. The van der Waals surface area contributed by atoms with Crippen LogP contribution in [0.3, 0.4) is 0 Å². The first kappa shape index (κ1) is 13.1. The zero-order valence-electron chi connectivity index (χ0n) is 11.8. The molecule has 9 heteroatoms. The summed E-state index contributed by atoms with van der Waals surface area (Å²) in [4.78, 5) is 11.3. The second kappa shape index (κ2) is 4.54. The van der Waals surface area contributed by atoms with Gasteiger partial charge in [0.2, 0.25) is 5.82 Å². The molecule has 0 aromatic carbocycles. The summed E-state index contributed by atoms with van der Waals surface area (Å²) in [5.41, 5.74) is 2.35. The molecule has 0 unspecified atom stereocenters. The predicted molar refractivity (Wildman–Crippen MR) is 80.7 cm³/mol. The van der Waals surface area contributed by atoms with Gasteiger partial charge in [0.15, 0.2) is 5.65 Å². The molecule has 4 heterocycles. The largest absolute Gasteiger partial charge is 0.333 e. The lowest BCUT2D eigenvalue weighted by Crippen LogP contribution is -1.98. The summed E-state index contributed by atoms with van der Waals surface area (Å²) in [5.74, 6) is 0.330. The lowest BCUT2D eigenvalue weighted by atomic mass is 10.2. The zero-order valence-corrected chi connectivity index (χ0v) is 12.6. The second-order valence-corrected chi connectivity index (χ2v) is 6.53. The summed E-state index contributed by atoms with van der Waals surface area (Å²) in [6.45, 7) is -2.67. The van der Waals surface area contributed by atoms with Crippen LogP contribution in [0.4, 0.5) is 8.78 Å². The minimum atomic E-state index is -2.67. The summed E-state index contributed by atoms with van der Waals surface area (Å²) in [5, 5.41) is 9.20. The van der Waals surface area contributed by atoms with Gasteiger partial charge in [-0.25, -0.2) is 19.2 Å². The summed E-state index contributed by atoms with van der Waals surface area (Å²) in [6.07, 6.45) is 6.10. The van der Waals surface area contributed by atoms with E-state index in [4.69, 9.17) is 0 Å². The van der Waals surface area contributed by atoms with Gasteiger partial charge in [-0.1, -0.05) is 0 Å². The topological polar surface area (TPSA) is 60.9 Å². The van der Waals surface area contributed by atoms with Crippen molar-refractivity contribution in [2.75, 3.05) is 0 Å². The van der Waals surface area contributed by atoms with Crippen molar-refractivity contribution in [3.8, 4) is 11.5 Å². The van der Waals surface area contributed by atoms with Gasteiger partial charge in [-0.15, -0.1) is 16.4 Å². The number of rotatable bonds is 2. The highest BCUT2D eigenvalue weighted by Gasteiger charge is 2.22. The normalized spacial score (nSPS) is 14.4. The maximum atomic E-state index is 12.7. The Morgan fingerprint density at radius 3 is 2.96 bits per heavy atom. The van der Waals surface area contributed by atoms with E-state index in [2.05, 4.69) is 20.2 Å². The van der Waals surface area contributed by atoms with Gasteiger partial charge >= 0.3 is 6.55 Å². The molecule has 1 aliphatic rings. The van der Waals surface area contributed by atoms with Crippen molar-refractivity contribution >= 4 is 27.2 Å². The Kier molecular flexibility index (Phi) is 2.58. The molecule has 0 bridgehead atoms. The number of aryl methyl sites for hydroxylation is 2. The highest BCUT2D eigenvalue weighted by atomic mass is 32.1. The Labute approximate surface area is 132 Å². The monoisotopic (exact) mass is 332 g/mol. The predicted octanol–water partition coefficient (Wildman–Crippen LogP) is 3.09. The number of nitrogens with zero attached hydrogens (tertiary/aromatic N) is 6. The molecule has 0 fully saturated rings. The lowest BCUT2D eigenvalue weighted by Gasteiger charge is -1.95. The fourth-order valence-corrected chi connectivity index (χ4v) is 4.29. The van der Waals surface area contributed by atoms with Crippen LogP contribution >= 0.6 is 11.3 Å². The molecule has 4 aromatic rings. The van der Waals surface area contributed by atoms with Crippen molar-refractivity contribution in [3.05, 3.63) is 29.0 Å². The Bertz CT molecular complexity index is 1050. The van der Waals surface area contributed by atoms with E-state index in [9.17, 15) is 8.78 Å². The van der Waals surface area contributed by atoms with Gasteiger partial charge in [-0.05, 0) is 30.9 Å². The number of alkyl halides is 2. The molecule has 1 aliphatic carbocycles.